The highest BCUT2D eigenvalue weighted by molar-refractivity contribution is 7.89. The molecule has 2 rings (SSSR count). The highest BCUT2D eigenvalue weighted by atomic mass is 35.5. The van der Waals surface area contributed by atoms with E-state index in [0.29, 0.717) is 19.0 Å². The molecule has 0 aromatic rings. The molecule has 0 spiro atoms. The van der Waals surface area contributed by atoms with Gasteiger partial charge in [-0.2, -0.15) is 4.31 Å². The van der Waals surface area contributed by atoms with Gasteiger partial charge in [0, 0.05) is 38.6 Å². The molecule has 1 heterocycles. The van der Waals surface area contributed by atoms with Crippen LogP contribution >= 0.6 is 11.6 Å². The van der Waals surface area contributed by atoms with Crippen molar-refractivity contribution in [2.45, 2.75) is 19.8 Å². The molecule has 6 heteroatoms. The Balaban J connectivity index is 1.80. The zero-order valence-corrected chi connectivity index (χ0v) is 12.6. The lowest BCUT2D eigenvalue weighted by Gasteiger charge is -2.34. The highest BCUT2D eigenvalue weighted by Crippen LogP contribution is 2.30. The summed E-state index contributed by atoms with van der Waals surface area (Å²) in [5.74, 6) is 1.49. The first-order valence-corrected chi connectivity index (χ1v) is 8.92. The zero-order chi connectivity index (χ0) is 13.2. The van der Waals surface area contributed by atoms with E-state index in [1.165, 1.54) is 12.8 Å². The van der Waals surface area contributed by atoms with Crippen molar-refractivity contribution in [3.05, 3.63) is 0 Å². The van der Waals surface area contributed by atoms with Crippen molar-refractivity contribution in [2.24, 2.45) is 11.8 Å². The molecule has 0 radical (unpaired) electrons. The van der Waals surface area contributed by atoms with Crippen molar-refractivity contribution in [2.75, 3.05) is 44.4 Å². The van der Waals surface area contributed by atoms with Crippen molar-refractivity contribution >= 4 is 21.6 Å². The molecule has 1 saturated heterocycles. The van der Waals surface area contributed by atoms with E-state index in [-0.39, 0.29) is 11.7 Å². The molecule has 0 aromatic heterocycles. The molecule has 106 valence electrons. The topological polar surface area (TPSA) is 40.6 Å². The number of piperazine rings is 1. The summed E-state index contributed by atoms with van der Waals surface area (Å²) >= 11 is 5.69. The van der Waals surface area contributed by atoms with Crippen LogP contribution in [0.3, 0.4) is 0 Å². The number of rotatable bonds is 6. The summed E-state index contributed by atoms with van der Waals surface area (Å²) in [6.45, 7) is 6.09. The summed E-state index contributed by atoms with van der Waals surface area (Å²) in [5, 5.41) is 0. The predicted octanol–water partition coefficient (Wildman–Crippen LogP) is 1.22. The van der Waals surface area contributed by atoms with Crippen molar-refractivity contribution in [1.82, 2.24) is 9.21 Å². The van der Waals surface area contributed by atoms with Gasteiger partial charge < -0.3 is 4.90 Å². The summed E-state index contributed by atoms with van der Waals surface area (Å²) in [7, 11) is -3.11. The van der Waals surface area contributed by atoms with Gasteiger partial charge in [-0.3, -0.25) is 0 Å². The summed E-state index contributed by atoms with van der Waals surface area (Å²) in [4.78, 5) is 2.40. The minimum absolute atomic E-state index is 0.0289. The van der Waals surface area contributed by atoms with Gasteiger partial charge in [0.2, 0.25) is 10.0 Å². The van der Waals surface area contributed by atoms with Gasteiger partial charge in [-0.05, 0) is 24.7 Å². The Labute approximate surface area is 115 Å². The number of sulfonamides is 1. The number of hydrogen-bond donors (Lipinski definition) is 0. The SMILES string of the molecule is CC(CCl)CS(=O)(=O)N1CCN(CC2CC2)CC1. The van der Waals surface area contributed by atoms with Crippen LogP contribution in [0.5, 0.6) is 0 Å². The van der Waals surface area contributed by atoms with Crippen LogP contribution in [-0.4, -0.2) is 62.0 Å². The molecule has 2 fully saturated rings. The molecule has 4 nitrogen and oxygen atoms in total. The van der Waals surface area contributed by atoms with E-state index in [4.69, 9.17) is 11.6 Å². The average Bonchev–Trinajstić information content (AvgIpc) is 3.13. The second kappa shape index (κ2) is 6.07. The molecule has 2 aliphatic rings. The molecule has 1 atom stereocenters. The van der Waals surface area contributed by atoms with Crippen LogP contribution in [0.4, 0.5) is 0 Å². The van der Waals surface area contributed by atoms with Crippen LogP contribution in [0.1, 0.15) is 19.8 Å². The Hall–Kier alpha value is 0.160. The summed E-state index contributed by atoms with van der Waals surface area (Å²) < 4.78 is 25.9. The standard InChI is InChI=1S/C12H23ClN2O2S/c1-11(8-13)10-18(16,17)15-6-4-14(5-7-15)9-12-2-3-12/h11-12H,2-10H2,1H3. The maximum absolute atomic E-state index is 12.1. The van der Waals surface area contributed by atoms with E-state index < -0.39 is 10.0 Å². The fraction of sp³-hybridized carbons (Fsp3) is 1.00. The highest BCUT2D eigenvalue weighted by Gasteiger charge is 2.30. The fourth-order valence-corrected chi connectivity index (χ4v) is 4.37. The van der Waals surface area contributed by atoms with Gasteiger partial charge in [0.1, 0.15) is 0 Å². The van der Waals surface area contributed by atoms with Gasteiger partial charge in [-0.1, -0.05) is 6.92 Å². The van der Waals surface area contributed by atoms with Gasteiger partial charge in [0.05, 0.1) is 5.75 Å². The Bertz CT molecular complexity index is 362. The van der Waals surface area contributed by atoms with Gasteiger partial charge in [0.15, 0.2) is 0 Å². The van der Waals surface area contributed by atoms with Crippen LogP contribution in [0.15, 0.2) is 0 Å². The normalized spacial score (nSPS) is 25.2. The molecule has 0 amide bonds. The van der Waals surface area contributed by atoms with Crippen molar-refractivity contribution in [3.8, 4) is 0 Å². The fourth-order valence-electron chi connectivity index (χ4n) is 2.37. The number of halogens is 1. The lowest BCUT2D eigenvalue weighted by molar-refractivity contribution is 0.182. The van der Waals surface area contributed by atoms with Gasteiger partial charge in [-0.15, -0.1) is 11.6 Å². The van der Waals surface area contributed by atoms with Crippen LogP contribution in [0.2, 0.25) is 0 Å². The Morgan fingerprint density at radius 2 is 1.83 bits per heavy atom. The quantitative estimate of drug-likeness (QED) is 0.692. The molecule has 0 aromatic carbocycles. The summed E-state index contributed by atoms with van der Waals surface area (Å²) in [6.07, 6.45) is 2.71. The van der Waals surface area contributed by atoms with Crippen molar-refractivity contribution < 1.29 is 8.42 Å². The second-order valence-electron chi connectivity index (χ2n) is 5.68. The van der Waals surface area contributed by atoms with E-state index in [0.717, 1.165) is 25.6 Å². The second-order valence-corrected chi connectivity index (χ2v) is 8.00. The van der Waals surface area contributed by atoms with E-state index in [2.05, 4.69) is 4.90 Å². The molecular formula is C12H23ClN2O2S. The number of nitrogens with zero attached hydrogens (tertiary/aromatic N) is 2. The average molecular weight is 295 g/mol. The minimum Gasteiger partial charge on any atom is -0.300 e. The van der Waals surface area contributed by atoms with Crippen LogP contribution in [-0.2, 0) is 10.0 Å². The van der Waals surface area contributed by atoms with Gasteiger partial charge in [-0.25, -0.2) is 8.42 Å². The third kappa shape index (κ3) is 4.08. The molecule has 1 unspecified atom stereocenters. The number of hydrogen-bond acceptors (Lipinski definition) is 3. The molecule has 1 aliphatic heterocycles. The van der Waals surface area contributed by atoms with E-state index in [1.54, 1.807) is 4.31 Å². The van der Waals surface area contributed by atoms with Crippen molar-refractivity contribution in [1.29, 1.82) is 0 Å². The third-order valence-corrected chi connectivity index (χ3v) is 6.37. The Morgan fingerprint density at radius 3 is 2.33 bits per heavy atom. The molecular weight excluding hydrogens is 272 g/mol. The largest absolute Gasteiger partial charge is 0.300 e. The molecule has 0 N–H and O–H groups in total. The summed E-state index contributed by atoms with van der Waals surface area (Å²) in [6, 6.07) is 0. The molecule has 18 heavy (non-hydrogen) atoms. The van der Waals surface area contributed by atoms with Crippen LogP contribution in [0.25, 0.3) is 0 Å². The van der Waals surface area contributed by atoms with Crippen LogP contribution in [0, 0.1) is 11.8 Å². The predicted molar refractivity (Wildman–Crippen MR) is 74.4 cm³/mol. The molecule has 1 aliphatic carbocycles. The molecule has 1 saturated carbocycles. The van der Waals surface area contributed by atoms with Crippen molar-refractivity contribution in [3.63, 3.8) is 0 Å². The van der Waals surface area contributed by atoms with E-state index >= 15 is 0 Å². The maximum Gasteiger partial charge on any atom is 0.214 e. The zero-order valence-electron chi connectivity index (χ0n) is 11.0. The Kier molecular flexibility index (Phi) is 4.92. The van der Waals surface area contributed by atoms with Gasteiger partial charge in [0.25, 0.3) is 0 Å². The molecule has 0 bridgehead atoms. The smallest absolute Gasteiger partial charge is 0.214 e. The van der Waals surface area contributed by atoms with E-state index in [1.807, 2.05) is 6.92 Å². The lowest BCUT2D eigenvalue weighted by atomic mass is 10.3. The first-order valence-electron chi connectivity index (χ1n) is 6.77. The monoisotopic (exact) mass is 294 g/mol. The summed E-state index contributed by atoms with van der Waals surface area (Å²) in [5.41, 5.74) is 0. The van der Waals surface area contributed by atoms with Crippen LogP contribution < -0.4 is 0 Å². The van der Waals surface area contributed by atoms with Gasteiger partial charge >= 0.3 is 0 Å². The first kappa shape index (κ1) is 14.6. The Morgan fingerprint density at radius 1 is 1.22 bits per heavy atom. The van der Waals surface area contributed by atoms with E-state index in [9.17, 15) is 8.42 Å². The lowest BCUT2D eigenvalue weighted by Crippen LogP contribution is -2.50. The number of alkyl halides is 1. The third-order valence-electron chi connectivity index (χ3n) is 3.70. The maximum atomic E-state index is 12.1. The minimum atomic E-state index is -3.11. The first-order chi connectivity index (χ1) is 8.51.